The molecule has 0 aromatic carbocycles. The summed E-state index contributed by atoms with van der Waals surface area (Å²) in [7, 11) is 0. The standard InChI is InChI=1S/C15H27NO3.C12H19NO3/c1-2-15(18)19-13-9-4-3-7-11-16-12-8-5-6-10-14(16)17;14-10-12-6-5-8-13(12)7-3-1-2-4-9-16-11-15/h2-13H2,1H3;11H,1-9H2. The van der Waals surface area contributed by atoms with Gasteiger partial charge in [0.1, 0.15) is 5.94 Å². The smallest absolute Gasteiger partial charge is 0.305 e. The number of nitrogens with zero attached hydrogens (tertiary/aromatic N) is 2. The van der Waals surface area contributed by atoms with Gasteiger partial charge in [-0.1, -0.05) is 26.2 Å². The quantitative estimate of drug-likeness (QED) is 0.136. The maximum atomic E-state index is 11.8. The third-order valence-corrected chi connectivity index (χ3v) is 6.39. The van der Waals surface area contributed by atoms with Gasteiger partial charge in [-0.15, -0.1) is 0 Å². The number of unbranched alkanes of at least 4 members (excludes halogenated alkanes) is 6. The van der Waals surface area contributed by atoms with E-state index in [1.54, 1.807) is 6.92 Å². The number of allylic oxidation sites excluding steroid dienone is 1. The Morgan fingerprint density at radius 3 is 2.20 bits per heavy atom. The fraction of sp³-hybridized carbons (Fsp3) is 0.815. The molecule has 0 unspecified atom stereocenters. The molecular formula is C27H46N2O6. The molecule has 0 atom stereocenters. The van der Waals surface area contributed by atoms with Gasteiger partial charge < -0.3 is 19.3 Å². The van der Waals surface area contributed by atoms with Gasteiger partial charge in [0, 0.05) is 39.0 Å². The number of hydrogen-bond donors (Lipinski definition) is 0. The monoisotopic (exact) mass is 494 g/mol. The lowest BCUT2D eigenvalue weighted by atomic mass is 10.2. The molecule has 2 aliphatic rings. The van der Waals surface area contributed by atoms with Crippen LogP contribution in [0.25, 0.3) is 0 Å². The van der Waals surface area contributed by atoms with Crippen LogP contribution in [-0.4, -0.2) is 73.5 Å². The van der Waals surface area contributed by atoms with E-state index in [1.807, 2.05) is 10.8 Å². The van der Waals surface area contributed by atoms with Gasteiger partial charge in [-0.2, -0.15) is 0 Å². The maximum absolute atomic E-state index is 11.8. The predicted octanol–water partition coefficient (Wildman–Crippen LogP) is 4.43. The molecule has 0 spiro atoms. The minimum absolute atomic E-state index is 0.116. The number of esters is 1. The molecule has 2 saturated heterocycles. The molecule has 2 aliphatic heterocycles. The summed E-state index contributed by atoms with van der Waals surface area (Å²) in [5.41, 5.74) is 0.837. The zero-order valence-corrected chi connectivity index (χ0v) is 21.8. The van der Waals surface area contributed by atoms with Crippen molar-refractivity contribution >= 4 is 24.3 Å². The highest BCUT2D eigenvalue weighted by Crippen LogP contribution is 2.19. The molecule has 0 aromatic heterocycles. The second-order valence-corrected chi connectivity index (χ2v) is 9.20. The highest BCUT2D eigenvalue weighted by molar-refractivity contribution is 5.76. The highest BCUT2D eigenvalue weighted by atomic mass is 16.5. The van der Waals surface area contributed by atoms with E-state index in [2.05, 4.69) is 9.64 Å². The first kappa shape index (κ1) is 30.7. The molecule has 8 nitrogen and oxygen atoms in total. The van der Waals surface area contributed by atoms with Gasteiger partial charge in [0.25, 0.3) is 6.47 Å². The van der Waals surface area contributed by atoms with Crippen molar-refractivity contribution in [1.82, 2.24) is 9.80 Å². The number of carbonyl (C=O) groups excluding carboxylic acids is 4. The summed E-state index contributed by atoms with van der Waals surface area (Å²) >= 11 is 0. The van der Waals surface area contributed by atoms with Gasteiger partial charge in [-0.05, 0) is 64.2 Å². The topological polar surface area (TPSA) is 93.2 Å². The molecule has 2 fully saturated rings. The maximum Gasteiger partial charge on any atom is 0.305 e. The van der Waals surface area contributed by atoms with Gasteiger partial charge in [0.2, 0.25) is 5.91 Å². The second-order valence-electron chi connectivity index (χ2n) is 9.20. The summed E-state index contributed by atoms with van der Waals surface area (Å²) in [5, 5.41) is 0. The Kier molecular flexibility index (Phi) is 18.4. The third-order valence-electron chi connectivity index (χ3n) is 6.39. The van der Waals surface area contributed by atoms with Crippen LogP contribution in [0.1, 0.15) is 103 Å². The first-order chi connectivity index (χ1) is 17.1. The second kappa shape index (κ2) is 21.0. The number of hydrogen-bond acceptors (Lipinski definition) is 7. The third kappa shape index (κ3) is 15.3. The molecule has 8 heteroatoms. The largest absolute Gasteiger partial charge is 0.468 e. The summed E-state index contributed by atoms with van der Waals surface area (Å²) in [4.78, 5) is 47.3. The van der Waals surface area contributed by atoms with E-state index in [-0.39, 0.29) is 5.97 Å². The van der Waals surface area contributed by atoms with Gasteiger partial charge in [0.05, 0.1) is 18.9 Å². The Morgan fingerprint density at radius 2 is 1.51 bits per heavy atom. The normalized spacial score (nSPS) is 15.7. The Hall–Kier alpha value is -2.34. The predicted molar refractivity (Wildman–Crippen MR) is 135 cm³/mol. The molecule has 2 heterocycles. The van der Waals surface area contributed by atoms with E-state index >= 15 is 0 Å². The molecule has 1 amide bonds. The van der Waals surface area contributed by atoms with Crippen molar-refractivity contribution < 1.29 is 28.7 Å². The van der Waals surface area contributed by atoms with Gasteiger partial charge in [-0.3, -0.25) is 14.4 Å². The molecule has 0 bridgehead atoms. The number of amides is 1. The van der Waals surface area contributed by atoms with E-state index in [9.17, 15) is 19.2 Å². The SMILES string of the molecule is CCC(=O)OCCCCCCN1CCCCCC1=O.O=C=C1CCCN1CCCCCCOC=O. The number of ether oxygens (including phenoxy) is 2. The summed E-state index contributed by atoms with van der Waals surface area (Å²) in [6.45, 7) is 7.15. The fourth-order valence-electron chi connectivity index (χ4n) is 4.30. The van der Waals surface area contributed by atoms with Crippen molar-refractivity contribution in [2.24, 2.45) is 0 Å². The molecule has 0 aromatic rings. The van der Waals surface area contributed by atoms with Crippen molar-refractivity contribution in [2.45, 2.75) is 103 Å². The van der Waals surface area contributed by atoms with Crippen molar-refractivity contribution in [2.75, 3.05) is 39.4 Å². The highest BCUT2D eigenvalue weighted by Gasteiger charge is 2.17. The minimum Gasteiger partial charge on any atom is -0.468 e. The van der Waals surface area contributed by atoms with Crippen LogP contribution in [0.3, 0.4) is 0 Å². The number of likely N-dealkylation sites (tertiary alicyclic amines) is 2. The fourth-order valence-corrected chi connectivity index (χ4v) is 4.30. The number of carbonyl (C=O) groups is 3. The van der Waals surface area contributed by atoms with E-state index < -0.39 is 0 Å². The van der Waals surface area contributed by atoms with Crippen LogP contribution in [0.2, 0.25) is 0 Å². The van der Waals surface area contributed by atoms with Crippen LogP contribution in [0.5, 0.6) is 0 Å². The van der Waals surface area contributed by atoms with Crippen LogP contribution in [0, 0.1) is 0 Å². The zero-order chi connectivity index (χ0) is 25.6. The average molecular weight is 495 g/mol. The first-order valence-electron chi connectivity index (χ1n) is 13.6. The first-order valence-corrected chi connectivity index (χ1v) is 13.6. The van der Waals surface area contributed by atoms with Gasteiger partial charge in [0.15, 0.2) is 0 Å². The molecule has 0 radical (unpaired) electrons. The van der Waals surface area contributed by atoms with E-state index in [4.69, 9.17) is 4.74 Å². The Morgan fingerprint density at radius 1 is 0.857 bits per heavy atom. The summed E-state index contributed by atoms with van der Waals surface area (Å²) < 4.78 is 9.62. The molecule has 35 heavy (non-hydrogen) atoms. The Labute approximate surface area is 211 Å². The Bertz CT molecular complexity index is 648. The molecule has 200 valence electrons. The molecule has 0 aliphatic carbocycles. The lowest BCUT2D eigenvalue weighted by Gasteiger charge is -2.20. The average Bonchev–Trinajstić information content (AvgIpc) is 3.23. The van der Waals surface area contributed by atoms with Gasteiger partial charge in [-0.25, -0.2) is 4.79 Å². The van der Waals surface area contributed by atoms with Crippen molar-refractivity contribution in [3.05, 3.63) is 5.70 Å². The number of rotatable bonds is 16. The van der Waals surface area contributed by atoms with E-state index in [0.717, 1.165) is 115 Å². The minimum atomic E-state index is -0.116. The summed E-state index contributed by atoms with van der Waals surface area (Å²) in [6, 6.07) is 0. The molecule has 0 N–H and O–H groups in total. The summed E-state index contributed by atoms with van der Waals surface area (Å²) in [6.07, 6.45) is 14.9. The van der Waals surface area contributed by atoms with Crippen molar-refractivity contribution in [3.8, 4) is 0 Å². The van der Waals surface area contributed by atoms with Crippen LogP contribution in [0.4, 0.5) is 0 Å². The van der Waals surface area contributed by atoms with Crippen LogP contribution >= 0.6 is 0 Å². The summed E-state index contributed by atoms with van der Waals surface area (Å²) in [5.74, 6) is 2.23. The van der Waals surface area contributed by atoms with Crippen LogP contribution in [0.15, 0.2) is 5.70 Å². The molecule has 2 rings (SSSR count). The van der Waals surface area contributed by atoms with Crippen LogP contribution < -0.4 is 0 Å². The molecule has 0 saturated carbocycles. The van der Waals surface area contributed by atoms with Crippen molar-refractivity contribution in [3.63, 3.8) is 0 Å². The van der Waals surface area contributed by atoms with Gasteiger partial charge >= 0.3 is 5.97 Å². The Balaban J connectivity index is 0.000000355. The molecular weight excluding hydrogens is 448 g/mol. The lowest BCUT2D eigenvalue weighted by molar-refractivity contribution is -0.143. The van der Waals surface area contributed by atoms with Crippen LogP contribution in [-0.2, 0) is 28.7 Å². The van der Waals surface area contributed by atoms with E-state index in [1.165, 1.54) is 6.42 Å². The van der Waals surface area contributed by atoms with E-state index in [0.29, 0.717) is 32.0 Å². The van der Waals surface area contributed by atoms with Crippen molar-refractivity contribution in [1.29, 1.82) is 0 Å². The zero-order valence-electron chi connectivity index (χ0n) is 21.8. The lowest BCUT2D eigenvalue weighted by Crippen LogP contribution is -2.31.